The zero-order chi connectivity index (χ0) is 10.6. The molecule has 6 nitrogen and oxygen atoms in total. The van der Waals surface area contributed by atoms with Crippen molar-refractivity contribution < 1.29 is 21.5 Å². The van der Waals surface area contributed by atoms with Crippen LogP contribution >= 0.6 is 8.25 Å². The highest BCUT2D eigenvalue weighted by Gasteiger charge is 2.29. The highest BCUT2D eigenvalue weighted by atomic mass is 32.2. The molecule has 1 atom stereocenters. The van der Waals surface area contributed by atoms with Gasteiger partial charge in [0.15, 0.2) is 5.75 Å². The normalized spacial score (nSPS) is 12.2. The molecule has 1 rings (SSSR count). The molecule has 0 saturated carbocycles. The number of nitrogens with two attached hydrogens (primary N) is 1. The maximum atomic E-state index is 10.9. The summed E-state index contributed by atoms with van der Waals surface area (Å²) in [5.41, 5.74) is 0. The van der Waals surface area contributed by atoms with Crippen molar-refractivity contribution in [3.05, 3.63) is 30.3 Å². The second-order valence-electron chi connectivity index (χ2n) is 2.20. The quantitative estimate of drug-likeness (QED) is 0.785. The van der Waals surface area contributed by atoms with Crippen molar-refractivity contribution in [2.45, 2.75) is 0 Å². The van der Waals surface area contributed by atoms with Crippen LogP contribution in [0, 0.1) is 0 Å². The van der Waals surface area contributed by atoms with Crippen molar-refractivity contribution in [1.82, 2.24) is 0 Å². The third kappa shape index (κ3) is 4.29. The summed E-state index contributed by atoms with van der Waals surface area (Å²) in [5, 5.41) is 4.48. The largest absolute Gasteiger partial charge is 0.768 e. The molecule has 2 N–H and O–H groups in total. The van der Waals surface area contributed by atoms with Crippen LogP contribution in [-0.4, -0.2) is 8.42 Å². The first kappa shape index (κ1) is 11.1. The molecule has 0 aliphatic heterocycles. The maximum Gasteiger partial charge on any atom is 0.768 e. The van der Waals surface area contributed by atoms with E-state index < -0.39 is 18.6 Å². The van der Waals surface area contributed by atoms with E-state index in [1.54, 1.807) is 18.2 Å². The zero-order valence-corrected chi connectivity index (χ0v) is 8.57. The topological polar surface area (TPSA) is 95.7 Å². The number of para-hydroxylation sites is 1. The van der Waals surface area contributed by atoms with Gasteiger partial charge in [0.1, 0.15) is 0 Å². The van der Waals surface area contributed by atoms with E-state index in [-0.39, 0.29) is 5.75 Å². The molecule has 0 aromatic heterocycles. The lowest BCUT2D eigenvalue weighted by molar-refractivity contribution is 0.409. The number of hydrogen-bond acceptors (Lipinski definition) is 5. The van der Waals surface area contributed by atoms with Crippen molar-refractivity contribution in [3.63, 3.8) is 0 Å². The van der Waals surface area contributed by atoms with Crippen molar-refractivity contribution in [2.24, 2.45) is 5.14 Å². The van der Waals surface area contributed by atoms with E-state index >= 15 is 0 Å². The lowest BCUT2D eigenvalue weighted by atomic mass is 10.3. The first-order valence-corrected chi connectivity index (χ1v) is 5.97. The standard InChI is InChI=1S/C6H7NO5PS/c7-14(9,10)12-13(8)11-6-4-2-1-3-5-6/h1-5H,(H2,7,9,10)/q+1. The first-order valence-electron chi connectivity index (χ1n) is 3.40. The van der Waals surface area contributed by atoms with Crippen LogP contribution in [0.25, 0.3) is 0 Å². The average Bonchev–Trinajstić information content (AvgIpc) is 2.02. The molecule has 8 heteroatoms. The van der Waals surface area contributed by atoms with E-state index in [4.69, 9.17) is 0 Å². The fourth-order valence-electron chi connectivity index (χ4n) is 0.667. The Kier molecular flexibility index (Phi) is 3.54. The van der Waals surface area contributed by atoms with Crippen LogP contribution in [0.1, 0.15) is 0 Å². The second-order valence-corrected chi connectivity index (χ2v) is 4.41. The monoisotopic (exact) mass is 236 g/mol. The van der Waals surface area contributed by atoms with Crippen molar-refractivity contribution in [3.8, 4) is 5.75 Å². The van der Waals surface area contributed by atoms with Gasteiger partial charge in [-0.3, -0.25) is 0 Å². The Morgan fingerprint density at radius 3 is 2.29 bits per heavy atom. The molecular weight excluding hydrogens is 229 g/mol. The van der Waals surface area contributed by atoms with E-state index in [1.807, 2.05) is 0 Å². The van der Waals surface area contributed by atoms with Gasteiger partial charge in [-0.1, -0.05) is 18.2 Å². The summed E-state index contributed by atoms with van der Waals surface area (Å²) in [6.45, 7) is 0. The lowest BCUT2D eigenvalue weighted by Crippen LogP contribution is -2.12. The number of benzene rings is 1. The SMILES string of the molecule is NS(=O)(=O)O[P+](=O)Oc1ccccc1. The van der Waals surface area contributed by atoms with Gasteiger partial charge in [0.05, 0.1) is 0 Å². The van der Waals surface area contributed by atoms with Gasteiger partial charge in [0, 0.05) is 8.54 Å². The summed E-state index contributed by atoms with van der Waals surface area (Å²) in [5.74, 6) is 0.234. The Hall–Kier alpha value is -1.01. The number of rotatable bonds is 4. The highest BCUT2D eigenvalue weighted by Crippen LogP contribution is 2.28. The molecule has 14 heavy (non-hydrogen) atoms. The summed E-state index contributed by atoms with van der Waals surface area (Å²) < 4.78 is 40.0. The average molecular weight is 236 g/mol. The molecule has 1 unspecified atom stereocenters. The summed E-state index contributed by atoms with van der Waals surface area (Å²) in [4.78, 5) is 0. The highest BCUT2D eigenvalue weighted by molar-refractivity contribution is 7.87. The van der Waals surface area contributed by atoms with Gasteiger partial charge in [-0.2, -0.15) is 8.42 Å². The zero-order valence-electron chi connectivity index (χ0n) is 6.86. The van der Waals surface area contributed by atoms with Gasteiger partial charge in [-0.25, -0.2) is 9.66 Å². The minimum Gasteiger partial charge on any atom is -0.228 e. The Morgan fingerprint density at radius 2 is 1.79 bits per heavy atom. The van der Waals surface area contributed by atoms with Crippen LogP contribution in [-0.2, 0) is 18.8 Å². The summed E-state index contributed by atoms with van der Waals surface area (Å²) in [6.07, 6.45) is 0. The van der Waals surface area contributed by atoms with E-state index in [1.165, 1.54) is 12.1 Å². The molecule has 76 valence electrons. The van der Waals surface area contributed by atoms with E-state index in [9.17, 15) is 13.0 Å². The van der Waals surface area contributed by atoms with Crippen LogP contribution in [0.5, 0.6) is 5.75 Å². The molecule has 1 aromatic rings. The Balaban J connectivity index is 2.59. The Morgan fingerprint density at radius 1 is 1.21 bits per heavy atom. The van der Waals surface area contributed by atoms with Gasteiger partial charge in [-0.05, 0) is 12.1 Å². The van der Waals surface area contributed by atoms with Gasteiger partial charge in [0.2, 0.25) is 0 Å². The Bertz CT molecular complexity index is 417. The first-order chi connectivity index (χ1) is 6.47. The molecule has 0 heterocycles. The predicted molar refractivity (Wildman–Crippen MR) is 48.9 cm³/mol. The van der Waals surface area contributed by atoms with Crippen LogP contribution in [0.15, 0.2) is 30.3 Å². The van der Waals surface area contributed by atoms with Gasteiger partial charge in [0.25, 0.3) is 0 Å². The second kappa shape index (κ2) is 4.47. The molecule has 0 amide bonds. The Labute approximate surface area is 81.8 Å². The van der Waals surface area contributed by atoms with E-state index in [0.717, 1.165) is 0 Å². The molecule has 0 aliphatic rings. The smallest absolute Gasteiger partial charge is 0.228 e. The van der Waals surface area contributed by atoms with Gasteiger partial charge < -0.3 is 0 Å². The van der Waals surface area contributed by atoms with Crippen LogP contribution in [0.3, 0.4) is 0 Å². The van der Waals surface area contributed by atoms with Crippen LogP contribution in [0.2, 0.25) is 0 Å². The summed E-state index contributed by atoms with van der Waals surface area (Å²) >= 11 is 0. The maximum absolute atomic E-state index is 10.9. The third-order valence-electron chi connectivity index (χ3n) is 1.09. The van der Waals surface area contributed by atoms with Crippen molar-refractivity contribution in [1.29, 1.82) is 0 Å². The lowest BCUT2D eigenvalue weighted by Gasteiger charge is -1.89. The van der Waals surface area contributed by atoms with Gasteiger partial charge in [-0.15, -0.1) is 0 Å². The minimum atomic E-state index is -4.25. The van der Waals surface area contributed by atoms with E-state index in [2.05, 4.69) is 13.6 Å². The van der Waals surface area contributed by atoms with Crippen molar-refractivity contribution >= 4 is 18.6 Å². The van der Waals surface area contributed by atoms with Crippen LogP contribution in [0.4, 0.5) is 0 Å². The fraction of sp³-hybridized carbons (Fsp3) is 0. The van der Waals surface area contributed by atoms with Crippen LogP contribution < -0.4 is 9.66 Å². The summed E-state index contributed by atoms with van der Waals surface area (Å²) in [7, 11) is -7.06. The minimum absolute atomic E-state index is 0.234. The van der Waals surface area contributed by atoms with Crippen molar-refractivity contribution in [2.75, 3.05) is 0 Å². The molecule has 0 aliphatic carbocycles. The predicted octanol–water partition coefficient (Wildman–Crippen LogP) is 0.943. The molecule has 0 spiro atoms. The van der Waals surface area contributed by atoms with E-state index in [0.29, 0.717) is 0 Å². The summed E-state index contributed by atoms with van der Waals surface area (Å²) in [6, 6.07) is 7.99. The molecule has 0 radical (unpaired) electrons. The third-order valence-corrected chi connectivity index (χ3v) is 2.77. The number of hydrogen-bond donors (Lipinski definition) is 1. The molecular formula is C6H7NO5PS+. The molecule has 1 aromatic carbocycles. The molecule has 0 bridgehead atoms. The fourth-order valence-corrected chi connectivity index (χ4v) is 1.76. The van der Waals surface area contributed by atoms with Gasteiger partial charge >= 0.3 is 18.6 Å². The molecule has 0 saturated heterocycles. The molecule has 0 fully saturated rings.